The first-order valence-corrected chi connectivity index (χ1v) is 9.22. The Morgan fingerprint density at radius 2 is 1.84 bits per heavy atom. The standard InChI is InChI=1S/C19H19F7N4O2/c1-28-17(32)30-16(11(8-31)14(27)7-18(21,22)23)29-15(9-2-3-9)10-4-5-12(13(20)6-10)19(24,25)26/h4-6,8-9,15,27,29H,2-3,7H2,1H3,(H2,28,30,32)/b16-11+,27-14?. The molecule has 1 fully saturated rings. The molecule has 1 unspecified atom stereocenters. The number of benzene rings is 1. The molecule has 0 aromatic heterocycles. The maximum absolute atomic E-state index is 14.1. The molecule has 2 rings (SSSR count). The topological polar surface area (TPSA) is 94.1 Å². The maximum atomic E-state index is 14.1. The van der Waals surface area contributed by atoms with Gasteiger partial charge in [-0.3, -0.25) is 10.1 Å². The molecule has 176 valence electrons. The van der Waals surface area contributed by atoms with Crippen LogP contribution in [0.3, 0.4) is 0 Å². The first-order valence-electron chi connectivity index (χ1n) is 9.22. The molecular weight excluding hydrogens is 449 g/mol. The average Bonchev–Trinajstić information content (AvgIpc) is 3.48. The number of rotatable bonds is 8. The van der Waals surface area contributed by atoms with Crippen molar-refractivity contribution in [3.8, 4) is 0 Å². The second-order valence-corrected chi connectivity index (χ2v) is 7.08. The number of alkyl halides is 6. The summed E-state index contributed by atoms with van der Waals surface area (Å²) in [6.07, 6.45) is -10.4. The third-order valence-electron chi connectivity index (χ3n) is 4.61. The van der Waals surface area contributed by atoms with Crippen molar-refractivity contribution >= 4 is 18.0 Å². The smallest absolute Gasteiger partial charge is 0.364 e. The number of hydrogen-bond acceptors (Lipinski definition) is 4. The highest BCUT2D eigenvalue weighted by Crippen LogP contribution is 2.42. The second kappa shape index (κ2) is 9.57. The van der Waals surface area contributed by atoms with Crippen LogP contribution in [0.15, 0.2) is 29.6 Å². The van der Waals surface area contributed by atoms with E-state index in [1.807, 2.05) is 0 Å². The minimum absolute atomic E-state index is 0.0295. The van der Waals surface area contributed by atoms with E-state index in [2.05, 4.69) is 16.0 Å². The lowest BCUT2D eigenvalue weighted by atomic mass is 9.99. The predicted molar refractivity (Wildman–Crippen MR) is 99.1 cm³/mol. The van der Waals surface area contributed by atoms with Crippen LogP contribution in [0.25, 0.3) is 0 Å². The number of urea groups is 1. The molecule has 1 atom stereocenters. The molecule has 32 heavy (non-hydrogen) atoms. The van der Waals surface area contributed by atoms with Crippen LogP contribution in [0, 0.1) is 17.1 Å². The van der Waals surface area contributed by atoms with E-state index in [9.17, 15) is 40.3 Å². The summed E-state index contributed by atoms with van der Waals surface area (Å²) in [6, 6.07) is 0.301. The molecule has 1 aliphatic rings. The van der Waals surface area contributed by atoms with Gasteiger partial charge in [-0.05, 0) is 36.5 Å². The van der Waals surface area contributed by atoms with Gasteiger partial charge in [-0.1, -0.05) is 6.07 Å². The van der Waals surface area contributed by atoms with Crippen molar-refractivity contribution in [3.63, 3.8) is 0 Å². The molecular formula is C19H19F7N4O2. The zero-order chi connectivity index (χ0) is 24.3. The lowest BCUT2D eigenvalue weighted by Gasteiger charge is -2.25. The van der Waals surface area contributed by atoms with Crippen molar-refractivity contribution in [1.82, 2.24) is 16.0 Å². The number of halogens is 7. The molecule has 1 saturated carbocycles. The Balaban J connectivity index is 2.47. The predicted octanol–water partition coefficient (Wildman–Crippen LogP) is 4.20. The van der Waals surface area contributed by atoms with Gasteiger partial charge in [0.05, 0.1) is 29.3 Å². The molecule has 13 heteroatoms. The molecule has 4 N–H and O–H groups in total. The molecule has 0 bridgehead atoms. The van der Waals surface area contributed by atoms with Crippen LogP contribution in [0.4, 0.5) is 35.5 Å². The third-order valence-corrected chi connectivity index (χ3v) is 4.61. The third kappa shape index (κ3) is 6.69. The molecule has 0 heterocycles. The van der Waals surface area contributed by atoms with Crippen LogP contribution >= 0.6 is 0 Å². The summed E-state index contributed by atoms with van der Waals surface area (Å²) in [4.78, 5) is 23.3. The quantitative estimate of drug-likeness (QED) is 0.199. The Labute approximate surface area is 177 Å². The number of allylic oxidation sites excluding steroid dienone is 1. The Morgan fingerprint density at radius 3 is 2.28 bits per heavy atom. The van der Waals surface area contributed by atoms with Crippen molar-refractivity contribution in [2.75, 3.05) is 7.05 Å². The highest BCUT2D eigenvalue weighted by Gasteiger charge is 2.38. The van der Waals surface area contributed by atoms with E-state index in [1.54, 1.807) is 0 Å². The number of hydrogen-bond donors (Lipinski definition) is 4. The van der Waals surface area contributed by atoms with E-state index >= 15 is 0 Å². The van der Waals surface area contributed by atoms with Crippen LogP contribution in [0.5, 0.6) is 0 Å². The zero-order valence-corrected chi connectivity index (χ0v) is 16.5. The van der Waals surface area contributed by atoms with E-state index in [0.717, 1.165) is 6.07 Å². The van der Waals surface area contributed by atoms with Crippen molar-refractivity contribution in [2.24, 2.45) is 5.92 Å². The van der Waals surface area contributed by atoms with Gasteiger partial charge in [0.25, 0.3) is 0 Å². The highest BCUT2D eigenvalue weighted by molar-refractivity contribution is 6.14. The van der Waals surface area contributed by atoms with Gasteiger partial charge in [0, 0.05) is 7.05 Å². The fourth-order valence-electron chi connectivity index (χ4n) is 2.95. The molecule has 0 spiro atoms. The van der Waals surface area contributed by atoms with Gasteiger partial charge < -0.3 is 16.0 Å². The molecule has 6 nitrogen and oxygen atoms in total. The molecule has 1 aliphatic carbocycles. The van der Waals surface area contributed by atoms with Crippen molar-refractivity contribution in [2.45, 2.75) is 37.7 Å². The van der Waals surface area contributed by atoms with Crippen molar-refractivity contribution < 1.29 is 40.3 Å². The zero-order valence-electron chi connectivity index (χ0n) is 16.5. The number of carbonyl (C=O) groups is 2. The van der Waals surface area contributed by atoms with E-state index in [4.69, 9.17) is 5.41 Å². The number of nitrogens with one attached hydrogen (secondary N) is 4. The normalized spacial score (nSPS) is 16.0. The van der Waals surface area contributed by atoms with Crippen LogP contribution in [0.2, 0.25) is 0 Å². The molecule has 0 aliphatic heterocycles. The Kier molecular flexibility index (Phi) is 7.52. The van der Waals surface area contributed by atoms with Crippen LogP contribution in [-0.2, 0) is 11.0 Å². The van der Waals surface area contributed by atoms with Crippen LogP contribution in [-0.4, -0.2) is 31.3 Å². The van der Waals surface area contributed by atoms with Gasteiger partial charge in [0.2, 0.25) is 0 Å². The summed E-state index contributed by atoms with van der Waals surface area (Å²) in [5.41, 5.74) is -3.40. The van der Waals surface area contributed by atoms with Gasteiger partial charge in [0.15, 0.2) is 6.29 Å². The SMILES string of the molecule is CNC(=O)N/C(NC(c1ccc(C(F)(F)F)c(F)c1)C1CC1)=C(\C=O)C(=N)CC(F)(F)F. The van der Waals surface area contributed by atoms with Gasteiger partial charge in [-0.25, -0.2) is 9.18 Å². The Bertz CT molecular complexity index is 921. The minimum Gasteiger partial charge on any atom is -0.364 e. The van der Waals surface area contributed by atoms with Crippen LogP contribution < -0.4 is 16.0 Å². The van der Waals surface area contributed by atoms with Crippen molar-refractivity contribution in [3.05, 3.63) is 46.5 Å². The van der Waals surface area contributed by atoms with E-state index in [1.165, 1.54) is 7.05 Å². The first-order chi connectivity index (χ1) is 14.8. The summed E-state index contributed by atoms with van der Waals surface area (Å²) in [7, 11) is 1.19. The number of amides is 2. The van der Waals surface area contributed by atoms with E-state index < -0.39 is 59.3 Å². The second-order valence-electron chi connectivity index (χ2n) is 7.08. The number of aldehydes is 1. The van der Waals surface area contributed by atoms with Gasteiger partial charge >= 0.3 is 18.4 Å². The fraction of sp³-hybridized carbons (Fsp3) is 0.421. The lowest BCUT2D eigenvalue weighted by Crippen LogP contribution is -2.41. The first kappa shape index (κ1) is 25.1. The largest absolute Gasteiger partial charge is 0.419 e. The summed E-state index contributed by atoms with van der Waals surface area (Å²) < 4.78 is 90.7. The highest BCUT2D eigenvalue weighted by atomic mass is 19.4. The van der Waals surface area contributed by atoms with E-state index in [0.29, 0.717) is 25.0 Å². The summed E-state index contributed by atoms with van der Waals surface area (Å²) in [6.45, 7) is 0. The molecule has 1 aromatic rings. The Hall–Kier alpha value is -3.12. The fourth-order valence-corrected chi connectivity index (χ4v) is 2.95. The van der Waals surface area contributed by atoms with Gasteiger partial charge in [-0.2, -0.15) is 26.3 Å². The van der Waals surface area contributed by atoms with E-state index in [-0.39, 0.29) is 17.8 Å². The van der Waals surface area contributed by atoms with Gasteiger partial charge in [0.1, 0.15) is 11.6 Å². The summed E-state index contributed by atoms with van der Waals surface area (Å²) >= 11 is 0. The summed E-state index contributed by atoms with van der Waals surface area (Å²) in [5.74, 6) is -2.35. The lowest BCUT2D eigenvalue weighted by molar-refractivity contribution is -0.140. The summed E-state index contributed by atoms with van der Waals surface area (Å²) in [5, 5.41) is 14.5. The maximum Gasteiger partial charge on any atom is 0.419 e. The Morgan fingerprint density at radius 1 is 1.22 bits per heavy atom. The van der Waals surface area contributed by atoms with Crippen molar-refractivity contribution in [1.29, 1.82) is 5.41 Å². The average molecular weight is 468 g/mol. The molecule has 0 saturated heterocycles. The molecule has 2 amide bonds. The van der Waals surface area contributed by atoms with Gasteiger partial charge in [-0.15, -0.1) is 0 Å². The monoisotopic (exact) mass is 468 g/mol. The van der Waals surface area contributed by atoms with Crippen LogP contribution in [0.1, 0.15) is 36.4 Å². The molecule has 0 radical (unpaired) electrons. The minimum atomic E-state index is -4.92. The molecule has 1 aromatic carbocycles. The number of carbonyl (C=O) groups excluding carboxylic acids is 2.